The van der Waals surface area contributed by atoms with E-state index in [-0.39, 0.29) is 12.6 Å². The molecule has 0 aliphatic heterocycles. The van der Waals surface area contributed by atoms with E-state index in [9.17, 15) is 9.59 Å². The molecule has 0 aromatic heterocycles. The van der Waals surface area contributed by atoms with Crippen molar-refractivity contribution in [1.82, 2.24) is 0 Å². The van der Waals surface area contributed by atoms with Crippen LogP contribution in [0.25, 0.3) is 0 Å². The van der Waals surface area contributed by atoms with Crippen molar-refractivity contribution in [3.8, 4) is 0 Å². The van der Waals surface area contributed by atoms with Crippen LogP contribution in [-0.2, 0) is 9.53 Å². The minimum absolute atomic E-state index is 0.261. The van der Waals surface area contributed by atoms with Crippen LogP contribution < -0.4 is 0 Å². The molecule has 0 radical (unpaired) electrons. The van der Waals surface area contributed by atoms with E-state index in [1.807, 2.05) is 31.2 Å². The monoisotopic (exact) mass is 272 g/mol. The first-order valence-electron chi connectivity index (χ1n) is 6.74. The number of rotatable bonds is 8. The van der Waals surface area contributed by atoms with Gasteiger partial charge in [-0.15, -0.1) is 0 Å². The van der Waals surface area contributed by atoms with Crippen LogP contribution in [0.4, 0.5) is 0 Å². The fourth-order valence-corrected chi connectivity index (χ4v) is 1.66. The van der Waals surface area contributed by atoms with Crippen molar-refractivity contribution in [3.05, 3.63) is 59.7 Å². The molecule has 106 valence electrons. The van der Waals surface area contributed by atoms with E-state index < -0.39 is 0 Å². The predicted molar refractivity (Wildman–Crippen MR) is 79.5 cm³/mol. The zero-order valence-electron chi connectivity index (χ0n) is 11.7. The zero-order chi connectivity index (χ0) is 14.6. The molecule has 0 N–H and O–H groups in total. The molecule has 1 rings (SSSR count). The lowest BCUT2D eigenvalue weighted by atomic mass is 10.1. The second-order valence-electron chi connectivity index (χ2n) is 4.35. The molecule has 0 aliphatic rings. The van der Waals surface area contributed by atoms with Crippen molar-refractivity contribution in [3.63, 3.8) is 0 Å². The Morgan fingerprint density at radius 2 is 2.00 bits per heavy atom. The highest BCUT2D eigenvalue weighted by atomic mass is 16.5. The summed E-state index contributed by atoms with van der Waals surface area (Å²) in [5, 5.41) is 0. The van der Waals surface area contributed by atoms with Crippen LogP contribution in [0.5, 0.6) is 0 Å². The van der Waals surface area contributed by atoms with E-state index in [1.54, 1.807) is 24.3 Å². The summed E-state index contributed by atoms with van der Waals surface area (Å²) >= 11 is 0. The van der Waals surface area contributed by atoms with Crippen molar-refractivity contribution in [2.24, 2.45) is 0 Å². The number of hydrogen-bond acceptors (Lipinski definition) is 3. The van der Waals surface area contributed by atoms with Crippen LogP contribution in [0, 0.1) is 0 Å². The Bertz CT molecular complexity index is 472. The van der Waals surface area contributed by atoms with E-state index in [2.05, 4.69) is 0 Å². The maximum atomic E-state index is 11.8. The van der Waals surface area contributed by atoms with Crippen molar-refractivity contribution in [2.45, 2.75) is 26.2 Å². The molecule has 0 amide bonds. The Kier molecular flexibility index (Phi) is 7.73. The van der Waals surface area contributed by atoms with Crippen LogP contribution in [0.1, 0.15) is 36.5 Å². The molecular formula is C17H20O3. The molecule has 0 aliphatic carbocycles. The summed E-state index contributed by atoms with van der Waals surface area (Å²) in [6, 6.07) is 8.91. The van der Waals surface area contributed by atoms with Gasteiger partial charge < -0.3 is 9.53 Å². The normalized spacial score (nSPS) is 11.6. The second-order valence-corrected chi connectivity index (χ2v) is 4.35. The predicted octanol–water partition coefficient (Wildman–Crippen LogP) is 3.72. The van der Waals surface area contributed by atoms with Gasteiger partial charge in [-0.3, -0.25) is 0 Å². The van der Waals surface area contributed by atoms with Crippen molar-refractivity contribution < 1.29 is 14.3 Å². The average Bonchev–Trinajstić information content (AvgIpc) is 2.50. The van der Waals surface area contributed by atoms with Gasteiger partial charge in [-0.25, -0.2) is 4.79 Å². The molecule has 0 spiro atoms. The minimum Gasteiger partial charge on any atom is -0.458 e. The molecule has 0 bridgehead atoms. The van der Waals surface area contributed by atoms with Crippen LogP contribution in [0.15, 0.2) is 54.1 Å². The highest BCUT2D eigenvalue weighted by Gasteiger charge is 2.07. The number of hydrogen-bond donors (Lipinski definition) is 0. The fraction of sp³-hybridized carbons (Fsp3) is 0.294. The van der Waals surface area contributed by atoms with E-state index in [4.69, 9.17) is 4.74 Å². The molecule has 3 heteroatoms. The summed E-state index contributed by atoms with van der Waals surface area (Å²) in [6.45, 7) is 2.19. The number of ether oxygens (including phenoxy) is 1. The summed E-state index contributed by atoms with van der Waals surface area (Å²) < 4.78 is 5.29. The lowest BCUT2D eigenvalue weighted by molar-refractivity contribution is -0.107. The van der Waals surface area contributed by atoms with Gasteiger partial charge in [-0.05, 0) is 37.5 Å². The smallest absolute Gasteiger partial charge is 0.338 e. The van der Waals surface area contributed by atoms with Gasteiger partial charge in [0, 0.05) is 6.42 Å². The summed E-state index contributed by atoms with van der Waals surface area (Å²) in [6.07, 6.45) is 8.72. The molecule has 0 saturated carbocycles. The van der Waals surface area contributed by atoms with Crippen molar-refractivity contribution >= 4 is 12.3 Å². The number of benzene rings is 1. The van der Waals surface area contributed by atoms with E-state index in [0.29, 0.717) is 12.0 Å². The third kappa shape index (κ3) is 6.14. The van der Waals surface area contributed by atoms with Crippen molar-refractivity contribution in [1.29, 1.82) is 0 Å². The number of esters is 1. The van der Waals surface area contributed by atoms with Crippen LogP contribution in [0.3, 0.4) is 0 Å². The maximum absolute atomic E-state index is 11.8. The number of unbranched alkanes of at least 4 members (excludes halogenated alkanes) is 1. The van der Waals surface area contributed by atoms with Crippen LogP contribution in [-0.4, -0.2) is 18.9 Å². The Hall–Kier alpha value is -2.16. The summed E-state index contributed by atoms with van der Waals surface area (Å²) in [7, 11) is 0. The first-order chi connectivity index (χ1) is 9.77. The maximum Gasteiger partial charge on any atom is 0.338 e. The highest BCUT2D eigenvalue weighted by Crippen LogP contribution is 2.10. The quantitative estimate of drug-likeness (QED) is 0.313. The molecule has 1 aromatic carbocycles. The Morgan fingerprint density at radius 3 is 2.65 bits per heavy atom. The lowest BCUT2D eigenvalue weighted by Crippen LogP contribution is -2.08. The van der Waals surface area contributed by atoms with E-state index in [1.165, 1.54) is 0 Å². The van der Waals surface area contributed by atoms with Gasteiger partial charge in [0.25, 0.3) is 0 Å². The summed E-state index contributed by atoms with van der Waals surface area (Å²) in [5.74, 6) is -0.327. The molecule has 1 aromatic rings. The largest absolute Gasteiger partial charge is 0.458 e. The zero-order valence-corrected chi connectivity index (χ0v) is 11.7. The van der Waals surface area contributed by atoms with Gasteiger partial charge in [0.2, 0.25) is 0 Å². The van der Waals surface area contributed by atoms with E-state index >= 15 is 0 Å². The van der Waals surface area contributed by atoms with Crippen LogP contribution >= 0.6 is 0 Å². The highest BCUT2D eigenvalue weighted by molar-refractivity contribution is 5.89. The molecule has 3 nitrogen and oxygen atoms in total. The van der Waals surface area contributed by atoms with Gasteiger partial charge in [0.05, 0.1) is 5.56 Å². The van der Waals surface area contributed by atoms with Gasteiger partial charge in [-0.2, -0.15) is 0 Å². The Morgan fingerprint density at radius 1 is 1.25 bits per heavy atom. The average molecular weight is 272 g/mol. The van der Waals surface area contributed by atoms with E-state index in [0.717, 1.165) is 24.7 Å². The number of allylic oxidation sites excluding steroid dienone is 3. The second kappa shape index (κ2) is 9.73. The molecule has 0 atom stereocenters. The van der Waals surface area contributed by atoms with Crippen LogP contribution in [0.2, 0.25) is 0 Å². The van der Waals surface area contributed by atoms with Gasteiger partial charge >= 0.3 is 5.97 Å². The van der Waals surface area contributed by atoms with Crippen molar-refractivity contribution in [2.75, 3.05) is 6.61 Å². The molecule has 0 fully saturated rings. The third-order valence-corrected chi connectivity index (χ3v) is 2.74. The molecule has 0 heterocycles. The van der Waals surface area contributed by atoms with Gasteiger partial charge in [-0.1, -0.05) is 36.4 Å². The SMILES string of the molecule is C/C=C\C=C(\CCCC=O)COC(=O)c1ccccc1. The van der Waals surface area contributed by atoms with Gasteiger partial charge in [0.1, 0.15) is 12.9 Å². The lowest BCUT2D eigenvalue weighted by Gasteiger charge is -2.08. The summed E-state index contributed by atoms with van der Waals surface area (Å²) in [4.78, 5) is 22.2. The molecule has 0 unspecified atom stereocenters. The standard InChI is InChI=1S/C17H20O3/c1-2-3-9-15(10-7-8-13-18)14-20-17(19)16-11-5-4-6-12-16/h2-6,9,11-13H,7-8,10,14H2,1H3/b3-2-,15-9-. The number of carbonyl (C=O) groups is 2. The molecular weight excluding hydrogens is 252 g/mol. The topological polar surface area (TPSA) is 43.4 Å². The number of aldehydes is 1. The Labute approximate surface area is 120 Å². The summed E-state index contributed by atoms with van der Waals surface area (Å²) in [5.41, 5.74) is 1.56. The first-order valence-corrected chi connectivity index (χ1v) is 6.74. The minimum atomic E-state index is -0.327. The first kappa shape index (κ1) is 15.9. The molecule has 20 heavy (non-hydrogen) atoms. The number of carbonyl (C=O) groups excluding carboxylic acids is 2. The Balaban J connectivity index is 2.53. The fourth-order valence-electron chi connectivity index (χ4n) is 1.66. The molecule has 0 saturated heterocycles. The third-order valence-electron chi connectivity index (χ3n) is 2.74. The van der Waals surface area contributed by atoms with Gasteiger partial charge in [0.15, 0.2) is 0 Å².